The maximum absolute atomic E-state index is 5.78. The number of aromatic nitrogens is 2. The van der Waals surface area contributed by atoms with E-state index in [9.17, 15) is 0 Å². The Morgan fingerprint density at radius 2 is 1.94 bits per heavy atom. The lowest BCUT2D eigenvalue weighted by Gasteiger charge is -2.04. The van der Waals surface area contributed by atoms with Crippen LogP contribution in [0, 0.1) is 0 Å². The molecular weight excluding hydrogens is 224 g/mol. The summed E-state index contributed by atoms with van der Waals surface area (Å²) in [6.07, 6.45) is 3.20. The van der Waals surface area contributed by atoms with Crippen LogP contribution in [0.4, 0.5) is 0 Å². The van der Waals surface area contributed by atoms with Crippen LogP contribution in [0.1, 0.15) is 6.92 Å². The second-order valence-electron chi connectivity index (χ2n) is 3.18. The fourth-order valence-corrected chi connectivity index (χ4v) is 1.52. The van der Waals surface area contributed by atoms with Crippen LogP contribution in [0.3, 0.4) is 0 Å². The summed E-state index contributed by atoms with van der Waals surface area (Å²) in [6, 6.07) is 7.68. The lowest BCUT2D eigenvalue weighted by Crippen LogP contribution is -1.91. The van der Waals surface area contributed by atoms with Gasteiger partial charge in [0.2, 0.25) is 0 Å². The number of benzene rings is 1. The van der Waals surface area contributed by atoms with Crippen molar-refractivity contribution in [3.8, 4) is 17.0 Å². The minimum Gasteiger partial charge on any atom is -0.494 e. The molecule has 0 aliphatic heterocycles. The summed E-state index contributed by atoms with van der Waals surface area (Å²) in [5.74, 6) is 0.848. The zero-order chi connectivity index (χ0) is 11.4. The molecule has 82 valence electrons. The Morgan fingerprint density at radius 3 is 2.56 bits per heavy atom. The Balaban J connectivity index is 2.27. The van der Waals surface area contributed by atoms with Crippen LogP contribution in [-0.4, -0.2) is 16.6 Å². The quantitative estimate of drug-likeness (QED) is 0.818. The first-order valence-electron chi connectivity index (χ1n) is 5.00. The third-order valence-corrected chi connectivity index (χ3v) is 2.25. The van der Waals surface area contributed by atoms with E-state index in [0.717, 1.165) is 17.0 Å². The van der Waals surface area contributed by atoms with Crippen LogP contribution in [0.25, 0.3) is 11.3 Å². The Kier molecular flexibility index (Phi) is 3.37. The summed E-state index contributed by atoms with van der Waals surface area (Å²) >= 11 is 5.78. The third kappa shape index (κ3) is 2.49. The molecule has 2 rings (SSSR count). The van der Waals surface area contributed by atoms with Crippen LogP contribution in [-0.2, 0) is 0 Å². The van der Waals surface area contributed by atoms with Crippen LogP contribution >= 0.6 is 11.6 Å². The van der Waals surface area contributed by atoms with Gasteiger partial charge >= 0.3 is 0 Å². The summed E-state index contributed by atoms with van der Waals surface area (Å²) < 4.78 is 5.36. The van der Waals surface area contributed by atoms with Gasteiger partial charge in [0.1, 0.15) is 10.9 Å². The molecule has 0 fully saturated rings. The van der Waals surface area contributed by atoms with Gasteiger partial charge in [-0.2, -0.15) is 0 Å². The molecule has 3 nitrogen and oxygen atoms in total. The van der Waals surface area contributed by atoms with E-state index in [2.05, 4.69) is 9.97 Å². The Hall–Kier alpha value is -1.61. The molecule has 2 aromatic rings. The Bertz CT molecular complexity index is 471. The lowest BCUT2D eigenvalue weighted by atomic mass is 10.1. The predicted octanol–water partition coefficient (Wildman–Crippen LogP) is 3.20. The van der Waals surface area contributed by atoms with Gasteiger partial charge in [-0.25, -0.2) is 4.98 Å². The van der Waals surface area contributed by atoms with E-state index in [-0.39, 0.29) is 0 Å². The Labute approximate surface area is 99.1 Å². The fourth-order valence-electron chi connectivity index (χ4n) is 1.37. The van der Waals surface area contributed by atoms with E-state index in [1.165, 1.54) is 6.20 Å². The van der Waals surface area contributed by atoms with Crippen molar-refractivity contribution in [2.75, 3.05) is 6.61 Å². The van der Waals surface area contributed by atoms with E-state index in [0.29, 0.717) is 11.8 Å². The van der Waals surface area contributed by atoms with Crippen molar-refractivity contribution >= 4 is 11.6 Å². The van der Waals surface area contributed by atoms with E-state index in [1.54, 1.807) is 6.20 Å². The van der Waals surface area contributed by atoms with Gasteiger partial charge in [-0.1, -0.05) is 11.6 Å². The van der Waals surface area contributed by atoms with Crippen molar-refractivity contribution in [3.63, 3.8) is 0 Å². The molecule has 0 bridgehead atoms. The zero-order valence-corrected chi connectivity index (χ0v) is 9.61. The van der Waals surface area contributed by atoms with Gasteiger partial charge in [-0.3, -0.25) is 4.98 Å². The second-order valence-corrected chi connectivity index (χ2v) is 3.57. The van der Waals surface area contributed by atoms with Crippen LogP contribution in [0.15, 0.2) is 36.7 Å². The number of nitrogens with zero attached hydrogens (tertiary/aromatic N) is 2. The molecule has 1 aromatic carbocycles. The van der Waals surface area contributed by atoms with Crippen molar-refractivity contribution in [2.45, 2.75) is 6.92 Å². The Morgan fingerprint density at radius 1 is 1.19 bits per heavy atom. The van der Waals surface area contributed by atoms with Crippen LogP contribution in [0.2, 0.25) is 5.15 Å². The molecule has 0 aliphatic carbocycles. The number of halogens is 1. The highest BCUT2D eigenvalue weighted by molar-refractivity contribution is 6.29. The monoisotopic (exact) mass is 234 g/mol. The second kappa shape index (κ2) is 4.94. The number of rotatable bonds is 3. The molecule has 1 aromatic heterocycles. The molecular formula is C12H11ClN2O. The molecule has 0 aliphatic rings. The van der Waals surface area contributed by atoms with E-state index >= 15 is 0 Å². The summed E-state index contributed by atoms with van der Waals surface area (Å²) in [4.78, 5) is 8.17. The maximum Gasteiger partial charge on any atom is 0.148 e. The minimum atomic E-state index is 0.395. The van der Waals surface area contributed by atoms with Crippen molar-refractivity contribution < 1.29 is 4.74 Å². The summed E-state index contributed by atoms with van der Waals surface area (Å²) in [6.45, 7) is 2.62. The van der Waals surface area contributed by atoms with Gasteiger partial charge in [0.25, 0.3) is 0 Å². The zero-order valence-electron chi connectivity index (χ0n) is 8.85. The molecule has 0 saturated carbocycles. The van der Waals surface area contributed by atoms with Crippen molar-refractivity contribution in [1.82, 2.24) is 9.97 Å². The van der Waals surface area contributed by atoms with Crippen molar-refractivity contribution in [2.24, 2.45) is 0 Å². The predicted molar refractivity (Wildman–Crippen MR) is 63.6 cm³/mol. The first-order valence-corrected chi connectivity index (χ1v) is 5.38. The van der Waals surface area contributed by atoms with Crippen LogP contribution in [0.5, 0.6) is 5.75 Å². The molecule has 0 unspecified atom stereocenters. The molecule has 0 saturated heterocycles. The third-order valence-electron chi connectivity index (χ3n) is 2.07. The first kappa shape index (κ1) is 10.9. The molecule has 0 N–H and O–H groups in total. The summed E-state index contributed by atoms with van der Waals surface area (Å²) in [5.41, 5.74) is 1.73. The van der Waals surface area contributed by atoms with Crippen LogP contribution < -0.4 is 4.74 Å². The average molecular weight is 235 g/mol. The normalized spacial score (nSPS) is 10.1. The van der Waals surface area contributed by atoms with Gasteiger partial charge in [0.15, 0.2) is 0 Å². The van der Waals surface area contributed by atoms with Gasteiger partial charge in [0.05, 0.1) is 24.7 Å². The van der Waals surface area contributed by atoms with Crippen molar-refractivity contribution in [3.05, 3.63) is 41.8 Å². The highest BCUT2D eigenvalue weighted by atomic mass is 35.5. The largest absolute Gasteiger partial charge is 0.494 e. The van der Waals surface area contributed by atoms with E-state index in [1.807, 2.05) is 31.2 Å². The number of ether oxygens (including phenoxy) is 1. The summed E-state index contributed by atoms with van der Waals surface area (Å²) in [5, 5.41) is 0.395. The van der Waals surface area contributed by atoms with Gasteiger partial charge in [-0.15, -0.1) is 0 Å². The molecule has 0 spiro atoms. The van der Waals surface area contributed by atoms with E-state index < -0.39 is 0 Å². The maximum atomic E-state index is 5.78. The van der Waals surface area contributed by atoms with Gasteiger partial charge in [0, 0.05) is 5.56 Å². The van der Waals surface area contributed by atoms with E-state index in [4.69, 9.17) is 16.3 Å². The lowest BCUT2D eigenvalue weighted by molar-refractivity contribution is 0.340. The van der Waals surface area contributed by atoms with Crippen molar-refractivity contribution in [1.29, 1.82) is 0 Å². The molecule has 0 radical (unpaired) electrons. The minimum absolute atomic E-state index is 0.395. The molecule has 0 amide bonds. The van der Waals surface area contributed by atoms with Gasteiger partial charge < -0.3 is 4.74 Å². The summed E-state index contributed by atoms with van der Waals surface area (Å²) in [7, 11) is 0. The fraction of sp³-hybridized carbons (Fsp3) is 0.167. The standard InChI is InChI=1S/C12H11ClN2O/c1-2-16-10-5-3-9(4-6-10)11-7-14-8-12(13)15-11/h3-8H,2H2,1H3. The van der Waals surface area contributed by atoms with Gasteiger partial charge in [-0.05, 0) is 31.2 Å². The molecule has 16 heavy (non-hydrogen) atoms. The molecule has 4 heteroatoms. The number of hydrogen-bond donors (Lipinski definition) is 0. The highest BCUT2D eigenvalue weighted by Gasteiger charge is 2.01. The highest BCUT2D eigenvalue weighted by Crippen LogP contribution is 2.21. The first-order chi connectivity index (χ1) is 7.79. The average Bonchev–Trinajstić information content (AvgIpc) is 2.30. The smallest absolute Gasteiger partial charge is 0.148 e. The topological polar surface area (TPSA) is 35.0 Å². The molecule has 0 atom stereocenters. The SMILES string of the molecule is CCOc1ccc(-c2cncc(Cl)n2)cc1. The molecule has 1 heterocycles. The number of hydrogen-bond acceptors (Lipinski definition) is 3.